The molecule has 0 spiro atoms. The summed E-state index contributed by atoms with van der Waals surface area (Å²) in [6.45, 7) is 2.81. The Bertz CT molecular complexity index is 1120. The van der Waals surface area contributed by atoms with E-state index in [0.29, 0.717) is 23.3 Å². The Morgan fingerprint density at radius 3 is 2.48 bits per heavy atom. The number of amides is 1. The Hall–Kier alpha value is -3.10. The van der Waals surface area contributed by atoms with Gasteiger partial charge >= 0.3 is 0 Å². The fourth-order valence-electron chi connectivity index (χ4n) is 3.49. The molecule has 1 aromatic heterocycles. The molecule has 3 rings (SSSR count). The Kier molecular flexibility index (Phi) is 7.49. The Labute approximate surface area is 180 Å². The van der Waals surface area contributed by atoms with Gasteiger partial charge in [0.25, 0.3) is 11.5 Å². The van der Waals surface area contributed by atoms with E-state index < -0.39 is 17.8 Å². The molecule has 8 heteroatoms. The fourth-order valence-corrected chi connectivity index (χ4v) is 3.49. The second-order valence-corrected chi connectivity index (χ2v) is 7.08. The van der Waals surface area contributed by atoms with E-state index in [-0.39, 0.29) is 30.8 Å². The molecule has 0 bridgehead atoms. The maximum atomic E-state index is 14.3. The third kappa shape index (κ3) is 4.81. The van der Waals surface area contributed by atoms with Crippen molar-refractivity contribution in [2.24, 2.45) is 0 Å². The van der Waals surface area contributed by atoms with Gasteiger partial charge in [-0.2, -0.15) is 0 Å². The molecular weight excluding hydrogens is 401 g/mol. The predicted molar refractivity (Wildman–Crippen MR) is 116 cm³/mol. The number of hydrogen-bond donors (Lipinski definition) is 0. The van der Waals surface area contributed by atoms with Gasteiger partial charge in [-0.1, -0.05) is 24.3 Å². The van der Waals surface area contributed by atoms with Gasteiger partial charge in [0.15, 0.2) is 0 Å². The van der Waals surface area contributed by atoms with Crippen LogP contribution in [-0.2, 0) is 16.0 Å². The van der Waals surface area contributed by atoms with Crippen LogP contribution >= 0.6 is 0 Å². The van der Waals surface area contributed by atoms with Crippen molar-refractivity contribution in [2.75, 3.05) is 34.0 Å². The molecule has 0 aliphatic carbocycles. The lowest BCUT2D eigenvalue weighted by Crippen LogP contribution is -2.40. The standard InChI is InChI=1S/C23H26FN3O4/c1-16(26(12-14-30-2)22(28)17-8-4-6-10-19(17)24)21-25-20-11-7-5-9-18(20)23(29)27(21)13-15-31-3/h4-11,16H,12-15H2,1-3H3. The number of halogens is 1. The number of fused-ring (bicyclic) bond motifs is 1. The van der Waals surface area contributed by atoms with Crippen LogP contribution in [0.2, 0.25) is 0 Å². The minimum absolute atomic E-state index is 0.0444. The molecule has 2 aromatic carbocycles. The summed E-state index contributed by atoms with van der Waals surface area (Å²) >= 11 is 0. The molecule has 0 saturated carbocycles. The summed E-state index contributed by atoms with van der Waals surface area (Å²) in [7, 11) is 3.08. The normalized spacial score (nSPS) is 12.1. The molecule has 0 aliphatic heterocycles. The van der Waals surface area contributed by atoms with Crippen LogP contribution in [0.25, 0.3) is 10.9 Å². The number of ether oxygens (including phenoxy) is 2. The molecule has 7 nitrogen and oxygen atoms in total. The topological polar surface area (TPSA) is 73.7 Å². The molecule has 3 aromatic rings. The van der Waals surface area contributed by atoms with E-state index in [0.717, 1.165) is 0 Å². The van der Waals surface area contributed by atoms with Crippen molar-refractivity contribution in [3.8, 4) is 0 Å². The first kappa shape index (κ1) is 22.6. The molecule has 164 valence electrons. The summed E-state index contributed by atoms with van der Waals surface area (Å²) < 4.78 is 26.2. The molecule has 0 fully saturated rings. The number of benzene rings is 2. The number of hydrogen-bond acceptors (Lipinski definition) is 5. The van der Waals surface area contributed by atoms with E-state index in [4.69, 9.17) is 14.5 Å². The van der Waals surface area contributed by atoms with Crippen LogP contribution in [0.15, 0.2) is 53.3 Å². The van der Waals surface area contributed by atoms with E-state index in [2.05, 4.69) is 0 Å². The monoisotopic (exact) mass is 427 g/mol. The summed E-state index contributed by atoms with van der Waals surface area (Å²) in [4.78, 5) is 32.6. The quantitative estimate of drug-likeness (QED) is 0.525. The number of methoxy groups -OCH3 is 2. The van der Waals surface area contributed by atoms with E-state index in [1.165, 1.54) is 34.8 Å². The number of carbonyl (C=O) groups is 1. The summed E-state index contributed by atoms with van der Waals surface area (Å²) in [6, 6.07) is 12.3. The smallest absolute Gasteiger partial charge is 0.261 e. The largest absolute Gasteiger partial charge is 0.383 e. The number of aromatic nitrogens is 2. The SMILES string of the molecule is COCCN(C(=O)c1ccccc1F)C(C)c1nc2ccccc2c(=O)n1CCOC. The first-order valence-electron chi connectivity index (χ1n) is 10.0. The van der Waals surface area contributed by atoms with Gasteiger partial charge in [-0.15, -0.1) is 0 Å². The molecule has 31 heavy (non-hydrogen) atoms. The minimum atomic E-state index is -0.614. The van der Waals surface area contributed by atoms with Gasteiger partial charge in [0, 0.05) is 20.8 Å². The van der Waals surface area contributed by atoms with Crippen LogP contribution in [0.3, 0.4) is 0 Å². The Morgan fingerprint density at radius 2 is 1.77 bits per heavy atom. The molecule has 0 N–H and O–H groups in total. The second-order valence-electron chi connectivity index (χ2n) is 7.08. The van der Waals surface area contributed by atoms with Crippen molar-refractivity contribution < 1.29 is 18.7 Å². The third-order valence-electron chi connectivity index (χ3n) is 5.15. The van der Waals surface area contributed by atoms with Gasteiger partial charge < -0.3 is 14.4 Å². The zero-order valence-corrected chi connectivity index (χ0v) is 17.9. The highest BCUT2D eigenvalue weighted by molar-refractivity contribution is 5.94. The van der Waals surface area contributed by atoms with Crippen LogP contribution < -0.4 is 5.56 Å². The molecule has 0 radical (unpaired) electrons. The van der Waals surface area contributed by atoms with Gasteiger partial charge in [0.1, 0.15) is 11.6 Å². The van der Waals surface area contributed by atoms with Crippen molar-refractivity contribution in [1.29, 1.82) is 0 Å². The summed E-state index contributed by atoms with van der Waals surface area (Å²) in [5, 5.41) is 0.485. The lowest BCUT2D eigenvalue weighted by atomic mass is 10.1. The van der Waals surface area contributed by atoms with Crippen molar-refractivity contribution in [3.05, 3.63) is 76.1 Å². The average molecular weight is 427 g/mol. The summed E-state index contributed by atoms with van der Waals surface area (Å²) in [5.41, 5.74) is 0.277. The average Bonchev–Trinajstić information content (AvgIpc) is 2.78. The van der Waals surface area contributed by atoms with E-state index in [1.54, 1.807) is 44.4 Å². The van der Waals surface area contributed by atoms with Crippen molar-refractivity contribution in [2.45, 2.75) is 19.5 Å². The molecular formula is C23H26FN3O4. The molecule has 1 unspecified atom stereocenters. The van der Waals surface area contributed by atoms with Gasteiger partial charge in [-0.25, -0.2) is 9.37 Å². The van der Waals surface area contributed by atoms with Crippen LogP contribution in [0.5, 0.6) is 0 Å². The number of nitrogens with zero attached hydrogens (tertiary/aromatic N) is 3. The number of carbonyl (C=O) groups excluding carboxylic acids is 1. The van der Waals surface area contributed by atoms with E-state index in [9.17, 15) is 14.0 Å². The highest BCUT2D eigenvalue weighted by Crippen LogP contribution is 2.23. The Morgan fingerprint density at radius 1 is 1.10 bits per heavy atom. The molecule has 0 aliphatic rings. The van der Waals surface area contributed by atoms with Crippen LogP contribution in [0.1, 0.15) is 29.1 Å². The minimum Gasteiger partial charge on any atom is -0.383 e. The van der Waals surface area contributed by atoms with Crippen molar-refractivity contribution in [1.82, 2.24) is 14.5 Å². The van der Waals surface area contributed by atoms with Gasteiger partial charge in [0.2, 0.25) is 0 Å². The zero-order chi connectivity index (χ0) is 22.4. The molecule has 1 amide bonds. The zero-order valence-electron chi connectivity index (χ0n) is 17.9. The van der Waals surface area contributed by atoms with Gasteiger partial charge in [-0.05, 0) is 31.2 Å². The highest BCUT2D eigenvalue weighted by Gasteiger charge is 2.28. The van der Waals surface area contributed by atoms with Gasteiger partial charge in [-0.3, -0.25) is 14.2 Å². The lowest BCUT2D eigenvalue weighted by molar-refractivity contribution is 0.0596. The van der Waals surface area contributed by atoms with Crippen LogP contribution in [0.4, 0.5) is 4.39 Å². The highest BCUT2D eigenvalue weighted by atomic mass is 19.1. The first-order valence-corrected chi connectivity index (χ1v) is 10.0. The first-order chi connectivity index (χ1) is 15.0. The van der Waals surface area contributed by atoms with E-state index >= 15 is 0 Å². The maximum Gasteiger partial charge on any atom is 0.261 e. The Balaban J connectivity index is 2.11. The third-order valence-corrected chi connectivity index (χ3v) is 5.15. The van der Waals surface area contributed by atoms with E-state index in [1.807, 2.05) is 0 Å². The van der Waals surface area contributed by atoms with Crippen molar-refractivity contribution in [3.63, 3.8) is 0 Å². The van der Waals surface area contributed by atoms with Crippen LogP contribution in [-0.4, -0.2) is 54.3 Å². The second kappa shape index (κ2) is 10.3. The molecule has 1 heterocycles. The van der Waals surface area contributed by atoms with Crippen molar-refractivity contribution >= 4 is 16.8 Å². The summed E-state index contributed by atoms with van der Waals surface area (Å²) in [5.74, 6) is -0.699. The fraction of sp³-hybridized carbons (Fsp3) is 0.348. The lowest BCUT2D eigenvalue weighted by Gasteiger charge is -2.30. The maximum absolute atomic E-state index is 14.3. The molecule has 1 atom stereocenters. The number of para-hydroxylation sites is 1. The number of rotatable bonds is 9. The summed E-state index contributed by atoms with van der Waals surface area (Å²) in [6.07, 6.45) is 0. The predicted octanol–water partition coefficient (Wildman–Crippen LogP) is 3.03. The van der Waals surface area contributed by atoms with Crippen LogP contribution in [0, 0.1) is 5.82 Å². The van der Waals surface area contributed by atoms with Gasteiger partial charge in [0.05, 0.1) is 42.3 Å². The molecule has 0 saturated heterocycles.